The minimum Gasteiger partial charge on any atom is -0.379 e. The van der Waals surface area contributed by atoms with Gasteiger partial charge in [-0.2, -0.15) is 0 Å². The predicted molar refractivity (Wildman–Crippen MR) is 126 cm³/mol. The molecule has 7 heteroatoms. The summed E-state index contributed by atoms with van der Waals surface area (Å²) in [6.07, 6.45) is 0. The van der Waals surface area contributed by atoms with Crippen molar-refractivity contribution in [1.82, 2.24) is 15.5 Å². The van der Waals surface area contributed by atoms with Gasteiger partial charge in [0.15, 0.2) is 5.96 Å². The number of aliphatic imine (C=N–C) groups is 1. The first-order valence-corrected chi connectivity index (χ1v) is 9.68. The second-order valence-electron chi connectivity index (χ2n) is 6.56. The molecule has 1 heterocycles. The van der Waals surface area contributed by atoms with Gasteiger partial charge in [-0.05, 0) is 28.8 Å². The molecule has 0 aromatic heterocycles. The highest BCUT2D eigenvalue weighted by atomic mass is 127. The maximum atomic E-state index is 5.94. The van der Waals surface area contributed by atoms with E-state index in [0.29, 0.717) is 6.54 Å². The Morgan fingerprint density at radius 2 is 1.64 bits per heavy atom. The Hall–Kier alpha value is -1.35. The van der Waals surface area contributed by atoms with E-state index in [9.17, 15) is 0 Å². The van der Waals surface area contributed by atoms with Crippen LogP contribution in [0.4, 0.5) is 0 Å². The summed E-state index contributed by atoms with van der Waals surface area (Å²) in [5.74, 6) is 0.783. The number of ether oxygens (including phenoxy) is 1. The number of hydrogen-bond acceptors (Lipinski definition) is 3. The third kappa shape index (κ3) is 7.24. The molecule has 0 saturated carbocycles. The second kappa shape index (κ2) is 12.3. The summed E-state index contributed by atoms with van der Waals surface area (Å²) in [6.45, 7) is 6.02. The average molecular weight is 515 g/mol. The largest absolute Gasteiger partial charge is 0.379 e. The molecular formula is C21H28ClIN4O. The van der Waals surface area contributed by atoms with Crippen LogP contribution >= 0.6 is 35.6 Å². The van der Waals surface area contributed by atoms with Crippen molar-refractivity contribution in [3.63, 3.8) is 0 Å². The first kappa shape index (κ1) is 22.9. The molecule has 0 aliphatic carbocycles. The molecule has 0 spiro atoms. The molecule has 152 valence electrons. The van der Waals surface area contributed by atoms with Crippen molar-refractivity contribution >= 4 is 41.5 Å². The Morgan fingerprint density at radius 1 is 1.00 bits per heavy atom. The number of benzene rings is 2. The van der Waals surface area contributed by atoms with E-state index >= 15 is 0 Å². The first-order valence-electron chi connectivity index (χ1n) is 9.30. The number of nitrogens with zero attached hydrogens (tertiary/aromatic N) is 2. The summed E-state index contributed by atoms with van der Waals surface area (Å²) in [7, 11) is 1.79. The molecule has 0 unspecified atom stereocenters. The molecule has 0 bridgehead atoms. The van der Waals surface area contributed by atoms with Crippen molar-refractivity contribution < 1.29 is 4.74 Å². The molecule has 28 heavy (non-hydrogen) atoms. The van der Waals surface area contributed by atoms with Gasteiger partial charge >= 0.3 is 0 Å². The zero-order valence-electron chi connectivity index (χ0n) is 16.2. The van der Waals surface area contributed by atoms with E-state index in [1.165, 1.54) is 11.1 Å². The van der Waals surface area contributed by atoms with Gasteiger partial charge in [-0.25, -0.2) is 0 Å². The summed E-state index contributed by atoms with van der Waals surface area (Å²) >= 11 is 5.94. The van der Waals surface area contributed by atoms with Crippen LogP contribution in [0.25, 0.3) is 0 Å². The molecule has 0 atom stereocenters. The molecule has 1 saturated heterocycles. The lowest BCUT2D eigenvalue weighted by atomic mass is 10.1. The van der Waals surface area contributed by atoms with Crippen molar-refractivity contribution in [2.45, 2.75) is 19.6 Å². The number of rotatable bonds is 6. The van der Waals surface area contributed by atoms with Gasteiger partial charge in [0.25, 0.3) is 0 Å². The van der Waals surface area contributed by atoms with Crippen LogP contribution in [0.5, 0.6) is 0 Å². The van der Waals surface area contributed by atoms with Crippen LogP contribution in [0.15, 0.2) is 53.5 Å². The van der Waals surface area contributed by atoms with E-state index < -0.39 is 0 Å². The van der Waals surface area contributed by atoms with Crippen molar-refractivity contribution in [2.75, 3.05) is 33.4 Å². The summed E-state index contributed by atoms with van der Waals surface area (Å²) in [6, 6.07) is 16.4. The number of nitrogens with one attached hydrogen (secondary N) is 2. The fraction of sp³-hybridized carbons (Fsp3) is 0.381. The molecule has 1 fully saturated rings. The van der Waals surface area contributed by atoms with E-state index in [4.69, 9.17) is 16.3 Å². The van der Waals surface area contributed by atoms with Crippen LogP contribution in [0, 0.1) is 0 Å². The molecule has 1 aliphatic rings. The summed E-state index contributed by atoms with van der Waals surface area (Å²) < 4.78 is 5.45. The Labute approximate surface area is 189 Å². The zero-order chi connectivity index (χ0) is 18.9. The highest BCUT2D eigenvalue weighted by molar-refractivity contribution is 14.0. The van der Waals surface area contributed by atoms with Gasteiger partial charge < -0.3 is 15.4 Å². The van der Waals surface area contributed by atoms with Gasteiger partial charge in [-0.1, -0.05) is 48.0 Å². The molecule has 0 radical (unpaired) electrons. The van der Waals surface area contributed by atoms with Gasteiger partial charge in [0, 0.05) is 44.8 Å². The lowest BCUT2D eigenvalue weighted by Gasteiger charge is -2.27. The van der Waals surface area contributed by atoms with E-state index in [-0.39, 0.29) is 24.0 Å². The third-order valence-corrected chi connectivity index (χ3v) is 4.91. The van der Waals surface area contributed by atoms with Crippen LogP contribution < -0.4 is 10.6 Å². The van der Waals surface area contributed by atoms with Crippen LogP contribution in [-0.2, 0) is 24.4 Å². The van der Waals surface area contributed by atoms with E-state index in [1.54, 1.807) is 7.05 Å². The average Bonchev–Trinajstić information content (AvgIpc) is 2.71. The Balaban J connectivity index is 0.00000280. The molecule has 2 aromatic rings. The van der Waals surface area contributed by atoms with Crippen molar-refractivity contribution in [1.29, 1.82) is 0 Å². The maximum absolute atomic E-state index is 5.94. The molecular weight excluding hydrogens is 487 g/mol. The fourth-order valence-electron chi connectivity index (χ4n) is 3.07. The maximum Gasteiger partial charge on any atom is 0.191 e. The molecule has 3 rings (SSSR count). The Bertz CT molecular complexity index is 748. The van der Waals surface area contributed by atoms with Crippen molar-refractivity contribution in [2.24, 2.45) is 4.99 Å². The lowest BCUT2D eigenvalue weighted by molar-refractivity contribution is 0.0341. The van der Waals surface area contributed by atoms with Crippen LogP contribution in [-0.4, -0.2) is 44.2 Å². The summed E-state index contributed by atoms with van der Waals surface area (Å²) in [5, 5.41) is 7.51. The smallest absolute Gasteiger partial charge is 0.191 e. The zero-order valence-corrected chi connectivity index (χ0v) is 19.2. The number of halogens is 2. The fourth-order valence-corrected chi connectivity index (χ4v) is 3.20. The predicted octanol–water partition coefficient (Wildman–Crippen LogP) is 3.66. The molecule has 2 aromatic carbocycles. The van der Waals surface area contributed by atoms with E-state index in [2.05, 4.69) is 44.8 Å². The molecule has 2 N–H and O–H groups in total. The Kier molecular flexibility index (Phi) is 10.0. The topological polar surface area (TPSA) is 48.9 Å². The minimum atomic E-state index is 0. The van der Waals surface area contributed by atoms with Crippen LogP contribution in [0.3, 0.4) is 0 Å². The van der Waals surface area contributed by atoms with Gasteiger partial charge in [-0.3, -0.25) is 9.89 Å². The first-order chi connectivity index (χ1) is 13.2. The highest BCUT2D eigenvalue weighted by Crippen LogP contribution is 2.13. The molecule has 1 aliphatic heterocycles. The second-order valence-corrected chi connectivity index (χ2v) is 7.00. The highest BCUT2D eigenvalue weighted by Gasteiger charge is 2.12. The van der Waals surface area contributed by atoms with Crippen LogP contribution in [0.1, 0.15) is 16.7 Å². The SMILES string of the molecule is CN=C(NCc1ccc(Cl)cc1)NCc1ccccc1CN1CCOCC1.I. The standard InChI is InChI=1S/C21H27ClN4O.HI/c1-23-21(24-14-17-6-8-20(22)9-7-17)25-15-18-4-2-3-5-19(18)16-26-10-12-27-13-11-26;/h2-9H,10-16H2,1H3,(H2,23,24,25);1H. The summed E-state index contributed by atoms with van der Waals surface area (Å²) in [4.78, 5) is 6.76. The van der Waals surface area contributed by atoms with Gasteiger partial charge in [0.05, 0.1) is 13.2 Å². The minimum absolute atomic E-state index is 0. The normalized spacial score (nSPS) is 15.0. The number of hydrogen-bond donors (Lipinski definition) is 2. The third-order valence-electron chi connectivity index (χ3n) is 4.66. The van der Waals surface area contributed by atoms with Crippen LogP contribution in [0.2, 0.25) is 5.02 Å². The number of morpholine rings is 1. The van der Waals surface area contributed by atoms with Gasteiger partial charge in [-0.15, -0.1) is 24.0 Å². The van der Waals surface area contributed by atoms with Crippen molar-refractivity contribution in [3.8, 4) is 0 Å². The van der Waals surface area contributed by atoms with E-state index in [1.807, 2.05) is 24.3 Å². The monoisotopic (exact) mass is 514 g/mol. The van der Waals surface area contributed by atoms with Gasteiger partial charge in [0.1, 0.15) is 0 Å². The number of guanidine groups is 1. The van der Waals surface area contributed by atoms with Gasteiger partial charge in [0.2, 0.25) is 0 Å². The quantitative estimate of drug-likeness (QED) is 0.351. The summed E-state index contributed by atoms with van der Waals surface area (Å²) in [5.41, 5.74) is 3.80. The lowest BCUT2D eigenvalue weighted by Crippen LogP contribution is -2.37. The van der Waals surface area contributed by atoms with Crippen molar-refractivity contribution in [3.05, 3.63) is 70.2 Å². The van der Waals surface area contributed by atoms with E-state index in [0.717, 1.165) is 55.9 Å². The molecule has 0 amide bonds. The molecule has 5 nitrogen and oxygen atoms in total. The Morgan fingerprint density at radius 3 is 2.32 bits per heavy atom.